The van der Waals surface area contributed by atoms with Crippen LogP contribution >= 0.6 is 0 Å². The van der Waals surface area contributed by atoms with Gasteiger partial charge < -0.3 is 10.6 Å². The van der Waals surface area contributed by atoms with Gasteiger partial charge in [-0.05, 0) is 30.9 Å². The lowest BCUT2D eigenvalue weighted by Crippen LogP contribution is -2.37. The quantitative estimate of drug-likeness (QED) is 0.901. The number of hydrogen-bond donors (Lipinski definition) is 1. The summed E-state index contributed by atoms with van der Waals surface area (Å²) in [6, 6.07) is 10.5. The van der Waals surface area contributed by atoms with E-state index < -0.39 is 0 Å². The van der Waals surface area contributed by atoms with Gasteiger partial charge in [0.2, 0.25) is 5.91 Å². The second-order valence-electron chi connectivity index (χ2n) is 5.88. The van der Waals surface area contributed by atoms with E-state index in [1.54, 1.807) is 0 Å². The molecule has 1 heterocycles. The molecule has 19 heavy (non-hydrogen) atoms. The summed E-state index contributed by atoms with van der Waals surface area (Å²) in [5.74, 6) is 1.48. The third-order valence-corrected chi connectivity index (χ3v) is 4.74. The predicted molar refractivity (Wildman–Crippen MR) is 75.6 cm³/mol. The van der Waals surface area contributed by atoms with Crippen LogP contribution in [0.5, 0.6) is 0 Å². The highest BCUT2D eigenvalue weighted by Crippen LogP contribution is 2.35. The number of nitrogens with two attached hydrogens (primary N) is 1. The molecule has 0 radical (unpaired) electrons. The molecule has 1 amide bonds. The summed E-state index contributed by atoms with van der Waals surface area (Å²) in [4.78, 5) is 14.4. The lowest BCUT2D eigenvalue weighted by molar-refractivity contribution is -0.137. The van der Waals surface area contributed by atoms with Crippen LogP contribution in [-0.4, -0.2) is 30.4 Å². The molecule has 3 rings (SSSR count). The summed E-state index contributed by atoms with van der Waals surface area (Å²) in [6.07, 6.45) is 3.38. The van der Waals surface area contributed by atoms with E-state index in [2.05, 4.69) is 29.2 Å². The van der Waals surface area contributed by atoms with Crippen LogP contribution in [0.1, 0.15) is 30.7 Å². The second kappa shape index (κ2) is 5.33. The molecule has 3 nitrogen and oxygen atoms in total. The minimum Gasteiger partial charge on any atom is -0.341 e. The van der Waals surface area contributed by atoms with Crippen LogP contribution in [0.3, 0.4) is 0 Å². The normalized spacial score (nSPS) is 27.3. The Kier molecular flexibility index (Phi) is 3.56. The van der Waals surface area contributed by atoms with Crippen LogP contribution in [0.15, 0.2) is 30.3 Å². The number of amides is 1. The molecule has 2 atom stereocenters. The molecular formula is C16H22N2O. The summed E-state index contributed by atoms with van der Waals surface area (Å²) < 4.78 is 0. The molecule has 3 heteroatoms. The van der Waals surface area contributed by atoms with E-state index in [4.69, 9.17) is 5.73 Å². The van der Waals surface area contributed by atoms with Crippen LogP contribution in [0, 0.1) is 11.8 Å². The molecule has 2 N–H and O–H groups in total. The highest BCUT2D eigenvalue weighted by atomic mass is 16.2. The Morgan fingerprint density at radius 2 is 1.95 bits per heavy atom. The average molecular weight is 258 g/mol. The van der Waals surface area contributed by atoms with Gasteiger partial charge in [0, 0.05) is 24.9 Å². The molecule has 2 aliphatic rings. The van der Waals surface area contributed by atoms with Gasteiger partial charge in [0.05, 0.1) is 0 Å². The highest BCUT2D eigenvalue weighted by Gasteiger charge is 2.38. The molecule has 0 aromatic heterocycles. The summed E-state index contributed by atoms with van der Waals surface area (Å²) >= 11 is 0. The van der Waals surface area contributed by atoms with Crippen LogP contribution in [0.2, 0.25) is 0 Å². The smallest absolute Gasteiger partial charge is 0.225 e. The standard InChI is InChI=1S/C16H22N2O/c17-9-14-10-18(16(19)13-7-4-8-13)11-15(14)12-5-2-1-3-6-12/h1-3,5-6,13-15H,4,7-11,17H2/t14-,15+/m1/s1. The minimum atomic E-state index is 0.299. The van der Waals surface area contributed by atoms with Crippen LogP contribution in [0.25, 0.3) is 0 Å². The number of hydrogen-bond acceptors (Lipinski definition) is 2. The van der Waals surface area contributed by atoms with Crippen molar-refractivity contribution in [3.8, 4) is 0 Å². The van der Waals surface area contributed by atoms with Crippen LogP contribution in [-0.2, 0) is 4.79 Å². The maximum Gasteiger partial charge on any atom is 0.225 e. The molecule has 1 saturated carbocycles. The first kappa shape index (κ1) is 12.7. The fraction of sp³-hybridized carbons (Fsp3) is 0.562. The van der Waals surface area contributed by atoms with Gasteiger partial charge in [-0.1, -0.05) is 36.8 Å². The molecular weight excluding hydrogens is 236 g/mol. The van der Waals surface area contributed by atoms with E-state index in [1.807, 2.05) is 6.07 Å². The summed E-state index contributed by atoms with van der Waals surface area (Å²) in [7, 11) is 0. The van der Waals surface area contributed by atoms with Crippen molar-refractivity contribution in [2.45, 2.75) is 25.2 Å². The van der Waals surface area contributed by atoms with Gasteiger partial charge in [-0.25, -0.2) is 0 Å². The Balaban J connectivity index is 1.73. The summed E-state index contributed by atoms with van der Waals surface area (Å²) in [5, 5.41) is 0. The lowest BCUT2D eigenvalue weighted by Gasteiger charge is -2.29. The first-order valence-electron chi connectivity index (χ1n) is 7.33. The van der Waals surface area contributed by atoms with Gasteiger partial charge in [-0.15, -0.1) is 0 Å². The van der Waals surface area contributed by atoms with Gasteiger partial charge in [-0.3, -0.25) is 4.79 Å². The van der Waals surface area contributed by atoms with Gasteiger partial charge in [0.15, 0.2) is 0 Å². The monoisotopic (exact) mass is 258 g/mol. The van der Waals surface area contributed by atoms with E-state index in [9.17, 15) is 4.79 Å². The Hall–Kier alpha value is -1.35. The van der Waals surface area contributed by atoms with E-state index >= 15 is 0 Å². The van der Waals surface area contributed by atoms with Gasteiger partial charge >= 0.3 is 0 Å². The average Bonchev–Trinajstić information content (AvgIpc) is 2.82. The minimum absolute atomic E-state index is 0.299. The molecule has 1 saturated heterocycles. The summed E-state index contributed by atoms with van der Waals surface area (Å²) in [6.45, 7) is 2.35. The van der Waals surface area contributed by atoms with Gasteiger partial charge in [0.25, 0.3) is 0 Å². The second-order valence-corrected chi connectivity index (χ2v) is 5.88. The number of benzene rings is 1. The topological polar surface area (TPSA) is 46.3 Å². The summed E-state index contributed by atoms with van der Waals surface area (Å²) in [5.41, 5.74) is 7.23. The van der Waals surface area contributed by atoms with Crippen molar-refractivity contribution in [3.05, 3.63) is 35.9 Å². The van der Waals surface area contributed by atoms with E-state index in [0.717, 1.165) is 25.9 Å². The molecule has 0 spiro atoms. The fourth-order valence-corrected chi connectivity index (χ4v) is 3.28. The van der Waals surface area contributed by atoms with E-state index in [-0.39, 0.29) is 0 Å². The molecule has 2 fully saturated rings. The van der Waals surface area contributed by atoms with Crippen molar-refractivity contribution >= 4 is 5.91 Å². The van der Waals surface area contributed by atoms with Gasteiger partial charge in [-0.2, -0.15) is 0 Å². The fourth-order valence-electron chi connectivity index (χ4n) is 3.28. The highest BCUT2D eigenvalue weighted by molar-refractivity contribution is 5.80. The third kappa shape index (κ3) is 2.39. The maximum atomic E-state index is 12.4. The molecule has 0 bridgehead atoms. The van der Waals surface area contributed by atoms with Gasteiger partial charge in [0.1, 0.15) is 0 Å². The van der Waals surface area contributed by atoms with Crippen molar-refractivity contribution in [2.75, 3.05) is 19.6 Å². The first-order chi connectivity index (χ1) is 9.29. The Labute approximate surface area is 114 Å². The zero-order valence-electron chi connectivity index (χ0n) is 11.3. The first-order valence-corrected chi connectivity index (χ1v) is 7.33. The SMILES string of the molecule is NC[C@@H]1CN(C(=O)C2CCC2)C[C@H]1c1ccccc1. The van der Waals surface area contributed by atoms with Crippen molar-refractivity contribution in [1.29, 1.82) is 0 Å². The van der Waals surface area contributed by atoms with Crippen molar-refractivity contribution < 1.29 is 4.79 Å². The maximum absolute atomic E-state index is 12.4. The number of rotatable bonds is 3. The number of carbonyl (C=O) groups is 1. The van der Waals surface area contributed by atoms with Crippen molar-refractivity contribution in [3.63, 3.8) is 0 Å². The largest absolute Gasteiger partial charge is 0.341 e. The van der Waals surface area contributed by atoms with E-state index in [1.165, 1.54) is 12.0 Å². The molecule has 102 valence electrons. The zero-order chi connectivity index (χ0) is 13.2. The van der Waals surface area contributed by atoms with Crippen molar-refractivity contribution in [2.24, 2.45) is 17.6 Å². The predicted octanol–water partition coefficient (Wildman–Crippen LogP) is 1.99. The third-order valence-electron chi connectivity index (χ3n) is 4.74. The van der Waals surface area contributed by atoms with Crippen molar-refractivity contribution in [1.82, 2.24) is 4.90 Å². The molecule has 1 aliphatic carbocycles. The Morgan fingerprint density at radius 3 is 2.53 bits per heavy atom. The molecule has 1 aromatic rings. The molecule has 1 aromatic carbocycles. The Bertz CT molecular complexity index is 441. The molecule has 1 aliphatic heterocycles. The number of likely N-dealkylation sites (tertiary alicyclic amines) is 1. The lowest BCUT2D eigenvalue weighted by atomic mass is 9.84. The van der Waals surface area contributed by atoms with Crippen LogP contribution < -0.4 is 5.73 Å². The number of nitrogens with zero attached hydrogens (tertiary/aromatic N) is 1. The van der Waals surface area contributed by atoms with E-state index in [0.29, 0.717) is 30.2 Å². The Morgan fingerprint density at radius 1 is 1.21 bits per heavy atom. The zero-order valence-corrected chi connectivity index (χ0v) is 11.3. The number of carbonyl (C=O) groups excluding carboxylic acids is 1. The molecule has 0 unspecified atom stereocenters. The van der Waals surface area contributed by atoms with Crippen LogP contribution in [0.4, 0.5) is 0 Å².